The highest BCUT2D eigenvalue weighted by atomic mass is 32.2. The first-order valence-corrected chi connectivity index (χ1v) is 11.8. The maximum absolute atomic E-state index is 11.9. The maximum atomic E-state index is 11.9. The predicted octanol–water partition coefficient (Wildman–Crippen LogP) is 4.16. The van der Waals surface area contributed by atoms with Crippen LogP contribution in [0.3, 0.4) is 0 Å². The van der Waals surface area contributed by atoms with Crippen LogP contribution in [0.15, 0.2) is 41.3 Å². The van der Waals surface area contributed by atoms with Gasteiger partial charge in [-0.1, -0.05) is 17.4 Å². The third-order valence-electron chi connectivity index (χ3n) is 4.86. The highest BCUT2D eigenvalue weighted by Crippen LogP contribution is 2.36. The number of rotatable bonds is 5. The molecule has 2 aromatic carbocycles. The monoisotopic (exact) mass is 443 g/mol. The largest absolute Gasteiger partial charge is 0.493 e. The minimum absolute atomic E-state index is 0.328. The van der Waals surface area contributed by atoms with Crippen molar-refractivity contribution in [3.8, 4) is 33.3 Å². The molecule has 0 atom stereocenters. The van der Waals surface area contributed by atoms with E-state index in [-0.39, 0.29) is 0 Å². The zero-order valence-corrected chi connectivity index (χ0v) is 18.9. The summed E-state index contributed by atoms with van der Waals surface area (Å²) in [5.41, 5.74) is 4.14. The number of hydrogen-bond acceptors (Lipinski definition) is 7. The summed E-state index contributed by atoms with van der Waals surface area (Å²) in [5, 5.41) is 5.57. The molecule has 0 saturated heterocycles. The summed E-state index contributed by atoms with van der Waals surface area (Å²) >= 11 is 1.47. The molecule has 0 spiro atoms. The van der Waals surface area contributed by atoms with Crippen LogP contribution in [0.2, 0.25) is 0 Å². The number of aryl methyl sites for hydroxylation is 2. The molecule has 156 valence electrons. The summed E-state index contributed by atoms with van der Waals surface area (Å²) in [4.78, 5) is 5.75. The lowest BCUT2D eigenvalue weighted by Gasteiger charge is -2.08. The SMILES string of the molecule is COc1ccc(-c2nn3c(-c4ccc(S(C)(=O)=O)c(C)c4)c(C)nc3s2)cc1OC. The quantitative estimate of drug-likeness (QED) is 0.461. The van der Waals surface area contributed by atoms with Crippen LogP contribution in [0.25, 0.3) is 26.8 Å². The predicted molar refractivity (Wildman–Crippen MR) is 117 cm³/mol. The van der Waals surface area contributed by atoms with Crippen molar-refractivity contribution in [2.45, 2.75) is 18.7 Å². The van der Waals surface area contributed by atoms with Gasteiger partial charge in [0.1, 0.15) is 5.01 Å². The molecule has 0 fully saturated rings. The number of sulfone groups is 1. The fraction of sp³-hybridized carbons (Fsp3) is 0.238. The first-order valence-electron chi connectivity index (χ1n) is 9.12. The topological polar surface area (TPSA) is 82.8 Å². The standard InChI is InChI=1S/C21H21N3O4S2/c1-12-10-14(7-9-18(12)30(5,25)26)19-13(2)22-21-24(19)23-20(29-21)15-6-8-16(27-3)17(11-15)28-4/h6-11H,1-5H3. The van der Waals surface area contributed by atoms with Gasteiger partial charge < -0.3 is 9.47 Å². The Bertz CT molecular complexity index is 1370. The second-order valence-corrected chi connectivity index (χ2v) is 9.91. The van der Waals surface area contributed by atoms with E-state index in [1.165, 1.54) is 17.6 Å². The molecular formula is C21H21N3O4S2. The van der Waals surface area contributed by atoms with E-state index in [1.54, 1.807) is 37.8 Å². The van der Waals surface area contributed by atoms with Crippen molar-refractivity contribution in [1.82, 2.24) is 14.6 Å². The van der Waals surface area contributed by atoms with E-state index in [4.69, 9.17) is 14.6 Å². The number of fused-ring (bicyclic) bond motifs is 1. The van der Waals surface area contributed by atoms with Crippen LogP contribution in [0.5, 0.6) is 11.5 Å². The molecule has 0 aliphatic heterocycles. The molecule has 0 aliphatic rings. The van der Waals surface area contributed by atoms with Crippen LogP contribution in [-0.4, -0.2) is 43.5 Å². The van der Waals surface area contributed by atoms with E-state index in [0.717, 1.165) is 32.5 Å². The first kappa shape index (κ1) is 20.4. The molecular weight excluding hydrogens is 422 g/mol. The molecule has 0 bridgehead atoms. The average molecular weight is 444 g/mol. The summed E-state index contributed by atoms with van der Waals surface area (Å²) < 4.78 is 36.4. The Hall–Kier alpha value is -2.91. The van der Waals surface area contributed by atoms with E-state index in [9.17, 15) is 8.42 Å². The number of imidazole rings is 1. The molecule has 0 radical (unpaired) electrons. The van der Waals surface area contributed by atoms with Gasteiger partial charge in [-0.05, 0) is 49.7 Å². The van der Waals surface area contributed by atoms with Gasteiger partial charge in [-0.15, -0.1) is 0 Å². The molecule has 0 aliphatic carbocycles. The Morgan fingerprint density at radius 2 is 1.67 bits per heavy atom. The van der Waals surface area contributed by atoms with E-state index in [2.05, 4.69) is 4.98 Å². The molecule has 30 heavy (non-hydrogen) atoms. The second-order valence-electron chi connectivity index (χ2n) is 6.97. The normalized spacial score (nSPS) is 11.8. The van der Waals surface area contributed by atoms with Crippen LogP contribution in [0, 0.1) is 13.8 Å². The van der Waals surface area contributed by atoms with Gasteiger partial charge >= 0.3 is 0 Å². The third-order valence-corrected chi connectivity index (χ3v) is 7.07. The smallest absolute Gasteiger partial charge is 0.213 e. The maximum Gasteiger partial charge on any atom is 0.213 e. The van der Waals surface area contributed by atoms with Crippen molar-refractivity contribution in [2.75, 3.05) is 20.5 Å². The van der Waals surface area contributed by atoms with Crippen LogP contribution < -0.4 is 9.47 Å². The van der Waals surface area contributed by atoms with Gasteiger partial charge in [-0.2, -0.15) is 5.10 Å². The molecule has 2 heterocycles. The third kappa shape index (κ3) is 3.44. The van der Waals surface area contributed by atoms with Crippen molar-refractivity contribution in [1.29, 1.82) is 0 Å². The summed E-state index contributed by atoms with van der Waals surface area (Å²) in [6.07, 6.45) is 1.22. The zero-order valence-electron chi connectivity index (χ0n) is 17.3. The summed E-state index contributed by atoms with van der Waals surface area (Å²) in [6.45, 7) is 3.72. The van der Waals surface area contributed by atoms with E-state index in [0.29, 0.717) is 22.0 Å². The lowest BCUT2D eigenvalue weighted by Crippen LogP contribution is -2.00. The minimum Gasteiger partial charge on any atom is -0.493 e. The number of ether oxygens (including phenoxy) is 2. The lowest BCUT2D eigenvalue weighted by molar-refractivity contribution is 0.355. The Labute approximate surface area is 178 Å². The molecule has 2 aromatic heterocycles. The molecule has 0 amide bonds. The number of methoxy groups -OCH3 is 2. The van der Waals surface area contributed by atoms with Crippen LogP contribution in [0.4, 0.5) is 0 Å². The molecule has 4 rings (SSSR count). The highest BCUT2D eigenvalue weighted by molar-refractivity contribution is 7.90. The van der Waals surface area contributed by atoms with E-state index in [1.807, 2.05) is 31.2 Å². The summed E-state index contributed by atoms with van der Waals surface area (Å²) in [5.74, 6) is 1.28. The van der Waals surface area contributed by atoms with Gasteiger partial charge in [-0.25, -0.2) is 17.9 Å². The fourth-order valence-corrected chi connectivity index (χ4v) is 5.38. The molecule has 0 N–H and O–H groups in total. The average Bonchev–Trinajstić information content (AvgIpc) is 3.22. The van der Waals surface area contributed by atoms with Crippen molar-refractivity contribution in [3.63, 3.8) is 0 Å². The Balaban J connectivity index is 1.83. The van der Waals surface area contributed by atoms with Crippen molar-refractivity contribution < 1.29 is 17.9 Å². The lowest BCUT2D eigenvalue weighted by atomic mass is 10.1. The molecule has 0 unspecified atom stereocenters. The molecule has 7 nitrogen and oxygen atoms in total. The number of aromatic nitrogens is 3. The van der Waals surface area contributed by atoms with Gasteiger partial charge in [0.2, 0.25) is 4.96 Å². The van der Waals surface area contributed by atoms with E-state index >= 15 is 0 Å². The van der Waals surface area contributed by atoms with Gasteiger partial charge in [-0.3, -0.25) is 0 Å². The summed E-state index contributed by atoms with van der Waals surface area (Å²) in [6, 6.07) is 11.0. The Morgan fingerprint density at radius 1 is 0.967 bits per heavy atom. The molecule has 9 heteroatoms. The second kappa shape index (κ2) is 7.41. The molecule has 4 aromatic rings. The highest BCUT2D eigenvalue weighted by Gasteiger charge is 2.19. The van der Waals surface area contributed by atoms with Crippen LogP contribution in [-0.2, 0) is 9.84 Å². The van der Waals surface area contributed by atoms with Crippen LogP contribution in [0.1, 0.15) is 11.3 Å². The number of benzene rings is 2. The zero-order chi connectivity index (χ0) is 21.6. The van der Waals surface area contributed by atoms with Gasteiger partial charge in [0.15, 0.2) is 21.3 Å². The summed E-state index contributed by atoms with van der Waals surface area (Å²) in [7, 11) is -0.0784. The van der Waals surface area contributed by atoms with Crippen molar-refractivity contribution in [3.05, 3.63) is 47.7 Å². The molecule has 0 saturated carbocycles. The Morgan fingerprint density at radius 3 is 2.30 bits per heavy atom. The van der Waals surface area contributed by atoms with Gasteiger partial charge in [0.25, 0.3) is 0 Å². The van der Waals surface area contributed by atoms with Crippen molar-refractivity contribution >= 4 is 26.1 Å². The number of nitrogens with zero attached hydrogens (tertiary/aromatic N) is 3. The fourth-order valence-electron chi connectivity index (χ4n) is 3.48. The minimum atomic E-state index is -3.27. The van der Waals surface area contributed by atoms with Gasteiger partial charge in [0, 0.05) is 17.4 Å². The van der Waals surface area contributed by atoms with Gasteiger partial charge in [0.05, 0.1) is 30.5 Å². The number of hydrogen-bond donors (Lipinski definition) is 0. The van der Waals surface area contributed by atoms with Crippen molar-refractivity contribution in [2.24, 2.45) is 0 Å². The first-order chi connectivity index (χ1) is 14.2. The van der Waals surface area contributed by atoms with Crippen LogP contribution >= 0.6 is 11.3 Å². The Kier molecular flexibility index (Phi) is 5.03. The van der Waals surface area contributed by atoms with E-state index < -0.39 is 9.84 Å².